The minimum Gasteiger partial charge on any atom is -0.359 e. The van der Waals surface area contributed by atoms with Crippen molar-refractivity contribution in [1.82, 2.24) is 5.32 Å². The Morgan fingerprint density at radius 3 is 2.83 bits per heavy atom. The van der Waals surface area contributed by atoms with Crippen molar-refractivity contribution in [2.24, 2.45) is 5.92 Å². The summed E-state index contributed by atoms with van der Waals surface area (Å²) in [5, 5.41) is 9.78. The van der Waals surface area contributed by atoms with Crippen LogP contribution in [-0.4, -0.2) is 18.1 Å². The average Bonchev–Trinajstić information content (AvgIpc) is 2.35. The number of carbonyl (C=O) groups is 1. The predicted molar refractivity (Wildman–Crippen MR) is 75.9 cm³/mol. The summed E-state index contributed by atoms with van der Waals surface area (Å²) in [5.74, 6) is -0.0306. The second-order valence-corrected chi connectivity index (χ2v) is 4.50. The first-order chi connectivity index (χ1) is 8.52. The summed E-state index contributed by atoms with van der Waals surface area (Å²) < 4.78 is 0. The summed E-state index contributed by atoms with van der Waals surface area (Å²) >= 11 is 5.46. The van der Waals surface area contributed by atoms with Crippen molar-refractivity contribution in [2.45, 2.75) is 13.3 Å². The van der Waals surface area contributed by atoms with Gasteiger partial charge in [0.2, 0.25) is 5.91 Å². The van der Waals surface area contributed by atoms with Gasteiger partial charge in [-0.2, -0.15) is 0 Å². The lowest BCUT2D eigenvalue weighted by Crippen LogP contribution is -2.26. The van der Waals surface area contributed by atoms with Gasteiger partial charge in [0.1, 0.15) is 5.17 Å². The quantitative estimate of drug-likeness (QED) is 0.595. The lowest BCUT2D eigenvalue weighted by atomic mass is 9.95. The summed E-state index contributed by atoms with van der Waals surface area (Å²) in [6.07, 6.45) is 12.0. The normalized spacial score (nSPS) is 19.8. The zero-order chi connectivity index (χ0) is 13.5. The number of hydrogen-bond donors (Lipinski definition) is 2. The van der Waals surface area contributed by atoms with E-state index in [1.54, 1.807) is 13.1 Å². The molecule has 2 N–H and O–H groups in total. The van der Waals surface area contributed by atoms with Crippen molar-refractivity contribution in [3.63, 3.8) is 0 Å². The van der Waals surface area contributed by atoms with Gasteiger partial charge in [0.15, 0.2) is 0 Å². The fourth-order valence-electron chi connectivity index (χ4n) is 1.62. The Hall–Kier alpha value is -1.61. The van der Waals surface area contributed by atoms with E-state index in [-0.39, 0.29) is 17.0 Å². The first kappa shape index (κ1) is 14.5. The van der Waals surface area contributed by atoms with Crippen molar-refractivity contribution in [3.8, 4) is 0 Å². The van der Waals surface area contributed by atoms with Crippen LogP contribution < -0.4 is 5.32 Å². The van der Waals surface area contributed by atoms with Crippen LogP contribution in [0.4, 0.5) is 0 Å². The van der Waals surface area contributed by atoms with E-state index < -0.39 is 0 Å². The largest absolute Gasteiger partial charge is 0.359 e. The van der Waals surface area contributed by atoms with E-state index in [1.165, 1.54) is 0 Å². The predicted octanol–water partition coefficient (Wildman–Crippen LogP) is 2.95. The van der Waals surface area contributed by atoms with Gasteiger partial charge in [-0.25, -0.2) is 0 Å². The molecule has 0 heterocycles. The SMILES string of the molecule is CNC(=O)C1C=CC(/C=C/C(C)=C\C(=N)Cl)=CC1. The van der Waals surface area contributed by atoms with Crippen LogP contribution in [0.15, 0.2) is 47.6 Å². The Labute approximate surface area is 112 Å². The standard InChI is InChI=1S/C14H17ClN2O/c1-10(9-13(15)16)3-4-11-5-7-12(8-6-11)14(18)17-2/h3-7,9,12,16H,8H2,1-2H3,(H,17,18)/b4-3+,10-9-,16-13?. The number of rotatable bonds is 4. The van der Waals surface area contributed by atoms with E-state index in [4.69, 9.17) is 17.0 Å². The van der Waals surface area contributed by atoms with Crippen LogP contribution in [0.1, 0.15) is 13.3 Å². The Bertz CT molecular complexity index is 458. The van der Waals surface area contributed by atoms with Gasteiger partial charge in [0, 0.05) is 7.05 Å². The lowest BCUT2D eigenvalue weighted by Gasteiger charge is -2.12. The van der Waals surface area contributed by atoms with Gasteiger partial charge in [-0.1, -0.05) is 42.0 Å². The molecule has 0 bridgehead atoms. The van der Waals surface area contributed by atoms with E-state index in [2.05, 4.69) is 5.32 Å². The Morgan fingerprint density at radius 1 is 1.61 bits per heavy atom. The number of carbonyl (C=O) groups excluding carboxylic acids is 1. The van der Waals surface area contributed by atoms with Gasteiger partial charge in [0.25, 0.3) is 0 Å². The molecule has 0 fully saturated rings. The molecule has 1 aliphatic rings. The number of allylic oxidation sites excluding steroid dienone is 7. The second kappa shape index (κ2) is 6.97. The summed E-state index contributed by atoms with van der Waals surface area (Å²) in [6.45, 7) is 1.88. The van der Waals surface area contributed by atoms with Crippen LogP contribution in [0.3, 0.4) is 0 Å². The minimum atomic E-state index is -0.0696. The smallest absolute Gasteiger partial charge is 0.226 e. The summed E-state index contributed by atoms with van der Waals surface area (Å²) in [7, 11) is 1.64. The third-order valence-corrected chi connectivity index (χ3v) is 2.71. The molecular weight excluding hydrogens is 248 g/mol. The highest BCUT2D eigenvalue weighted by Gasteiger charge is 2.14. The maximum atomic E-state index is 11.4. The molecule has 1 aliphatic carbocycles. The third kappa shape index (κ3) is 4.72. The molecule has 0 radical (unpaired) electrons. The highest BCUT2D eigenvalue weighted by Crippen LogP contribution is 2.17. The maximum Gasteiger partial charge on any atom is 0.226 e. The molecule has 0 saturated heterocycles. The van der Waals surface area contributed by atoms with Crippen LogP contribution in [0, 0.1) is 11.3 Å². The molecule has 96 valence electrons. The van der Waals surface area contributed by atoms with Crippen molar-refractivity contribution in [3.05, 3.63) is 47.6 Å². The third-order valence-electron chi connectivity index (χ3n) is 2.60. The van der Waals surface area contributed by atoms with E-state index in [0.717, 1.165) is 11.1 Å². The fraction of sp³-hybridized carbons (Fsp3) is 0.286. The molecule has 1 amide bonds. The maximum absolute atomic E-state index is 11.4. The number of amides is 1. The molecule has 0 aromatic carbocycles. The summed E-state index contributed by atoms with van der Waals surface area (Å²) in [4.78, 5) is 11.4. The Balaban J connectivity index is 2.60. The number of hydrogen-bond acceptors (Lipinski definition) is 2. The molecule has 0 aliphatic heterocycles. The summed E-state index contributed by atoms with van der Waals surface area (Å²) in [5.41, 5.74) is 1.97. The van der Waals surface area contributed by atoms with E-state index in [9.17, 15) is 4.79 Å². The molecule has 1 rings (SSSR count). The second-order valence-electron chi connectivity index (χ2n) is 4.09. The van der Waals surface area contributed by atoms with E-state index in [0.29, 0.717) is 6.42 Å². The fourth-order valence-corrected chi connectivity index (χ4v) is 1.79. The average molecular weight is 265 g/mol. The van der Waals surface area contributed by atoms with Crippen LogP contribution >= 0.6 is 11.6 Å². The first-order valence-corrected chi connectivity index (χ1v) is 6.11. The van der Waals surface area contributed by atoms with Gasteiger partial charge in [-0.15, -0.1) is 0 Å². The van der Waals surface area contributed by atoms with Gasteiger partial charge in [0.05, 0.1) is 5.92 Å². The lowest BCUT2D eigenvalue weighted by molar-refractivity contribution is -0.123. The van der Waals surface area contributed by atoms with Crippen molar-refractivity contribution < 1.29 is 4.79 Å². The van der Waals surface area contributed by atoms with Gasteiger partial charge >= 0.3 is 0 Å². The van der Waals surface area contributed by atoms with Gasteiger partial charge in [-0.05, 0) is 30.6 Å². The van der Waals surface area contributed by atoms with Crippen molar-refractivity contribution in [2.75, 3.05) is 7.05 Å². The molecule has 0 aromatic rings. The van der Waals surface area contributed by atoms with Crippen LogP contribution in [0.2, 0.25) is 0 Å². The first-order valence-electron chi connectivity index (χ1n) is 5.73. The molecule has 4 heteroatoms. The molecule has 18 heavy (non-hydrogen) atoms. The molecular formula is C14H17ClN2O. The van der Waals surface area contributed by atoms with Crippen LogP contribution in [0.25, 0.3) is 0 Å². The van der Waals surface area contributed by atoms with Crippen molar-refractivity contribution >= 4 is 22.7 Å². The molecule has 0 spiro atoms. The van der Waals surface area contributed by atoms with Crippen molar-refractivity contribution in [1.29, 1.82) is 5.41 Å². The summed E-state index contributed by atoms with van der Waals surface area (Å²) in [6, 6.07) is 0. The number of nitrogens with one attached hydrogen (secondary N) is 2. The molecule has 1 atom stereocenters. The molecule has 1 unspecified atom stereocenters. The zero-order valence-electron chi connectivity index (χ0n) is 10.5. The van der Waals surface area contributed by atoms with Crippen LogP contribution in [0.5, 0.6) is 0 Å². The van der Waals surface area contributed by atoms with E-state index >= 15 is 0 Å². The Morgan fingerprint density at radius 2 is 2.33 bits per heavy atom. The minimum absolute atomic E-state index is 0.0185. The van der Waals surface area contributed by atoms with E-state index in [1.807, 2.05) is 37.3 Å². The molecule has 0 aromatic heterocycles. The van der Waals surface area contributed by atoms with Gasteiger partial charge < -0.3 is 5.32 Å². The Kier molecular flexibility index (Phi) is 5.59. The molecule has 0 saturated carbocycles. The zero-order valence-corrected chi connectivity index (χ0v) is 11.3. The van der Waals surface area contributed by atoms with Crippen LogP contribution in [-0.2, 0) is 4.79 Å². The molecule has 3 nitrogen and oxygen atoms in total. The monoisotopic (exact) mass is 264 g/mol. The topological polar surface area (TPSA) is 53.0 Å². The highest BCUT2D eigenvalue weighted by molar-refractivity contribution is 6.67. The number of halogens is 1. The van der Waals surface area contributed by atoms with Gasteiger partial charge in [-0.3, -0.25) is 10.2 Å². The highest BCUT2D eigenvalue weighted by atomic mass is 35.5.